The number of aryl methyl sites for hydroxylation is 1. The molecule has 1 fully saturated rings. The molecule has 0 aliphatic carbocycles. The predicted octanol–water partition coefficient (Wildman–Crippen LogP) is 2.54. The molecule has 6 nitrogen and oxygen atoms in total. The third kappa shape index (κ3) is 3.20. The molecule has 1 saturated heterocycles. The van der Waals surface area contributed by atoms with Gasteiger partial charge in [-0.3, -0.25) is 10.1 Å². The van der Waals surface area contributed by atoms with E-state index in [9.17, 15) is 4.79 Å². The van der Waals surface area contributed by atoms with Gasteiger partial charge >= 0.3 is 0 Å². The topological polar surface area (TPSA) is 73.3 Å². The SMILES string of the molecule is COc1ccc(C2(C(=O)Nc3nnc(C)s3)CCOCC2)cc1. The zero-order chi connectivity index (χ0) is 16.3. The molecule has 1 amide bonds. The molecule has 1 aliphatic heterocycles. The average molecular weight is 333 g/mol. The molecule has 0 bridgehead atoms. The van der Waals surface area contributed by atoms with Gasteiger partial charge in [-0.25, -0.2) is 0 Å². The molecule has 0 radical (unpaired) electrons. The van der Waals surface area contributed by atoms with Crippen molar-refractivity contribution < 1.29 is 14.3 Å². The first-order chi connectivity index (χ1) is 11.1. The lowest BCUT2D eigenvalue weighted by atomic mass is 9.73. The lowest BCUT2D eigenvalue weighted by Crippen LogP contribution is -2.44. The van der Waals surface area contributed by atoms with Crippen LogP contribution in [-0.2, 0) is 14.9 Å². The summed E-state index contributed by atoms with van der Waals surface area (Å²) in [6.45, 7) is 2.99. The van der Waals surface area contributed by atoms with Gasteiger partial charge in [-0.15, -0.1) is 10.2 Å². The number of benzene rings is 1. The van der Waals surface area contributed by atoms with E-state index in [2.05, 4.69) is 15.5 Å². The third-order valence-electron chi connectivity index (χ3n) is 4.17. The molecule has 23 heavy (non-hydrogen) atoms. The zero-order valence-corrected chi connectivity index (χ0v) is 14.0. The number of rotatable bonds is 4. The molecule has 7 heteroatoms. The van der Waals surface area contributed by atoms with Gasteiger partial charge in [-0.2, -0.15) is 0 Å². The molecular formula is C16H19N3O3S. The number of hydrogen-bond acceptors (Lipinski definition) is 6. The summed E-state index contributed by atoms with van der Waals surface area (Å²) in [6.07, 6.45) is 1.28. The minimum atomic E-state index is -0.607. The lowest BCUT2D eigenvalue weighted by Gasteiger charge is -2.36. The molecule has 1 aliphatic rings. The van der Waals surface area contributed by atoms with Crippen molar-refractivity contribution in [1.29, 1.82) is 0 Å². The number of anilines is 1. The van der Waals surface area contributed by atoms with Crippen LogP contribution in [0.5, 0.6) is 5.75 Å². The molecule has 122 valence electrons. The number of ether oxygens (including phenoxy) is 2. The largest absolute Gasteiger partial charge is 0.497 e. The smallest absolute Gasteiger partial charge is 0.237 e. The first-order valence-electron chi connectivity index (χ1n) is 7.48. The van der Waals surface area contributed by atoms with Crippen molar-refractivity contribution in [2.45, 2.75) is 25.2 Å². The van der Waals surface area contributed by atoms with Crippen LogP contribution in [0.2, 0.25) is 0 Å². The first kappa shape index (κ1) is 15.9. The van der Waals surface area contributed by atoms with Crippen molar-refractivity contribution in [3.63, 3.8) is 0 Å². The molecule has 0 saturated carbocycles. The van der Waals surface area contributed by atoms with Crippen LogP contribution in [0.1, 0.15) is 23.4 Å². The molecule has 2 heterocycles. The Morgan fingerprint density at radius 1 is 1.26 bits per heavy atom. The van der Waals surface area contributed by atoms with Gasteiger partial charge in [0, 0.05) is 13.2 Å². The maximum atomic E-state index is 13.0. The number of nitrogens with one attached hydrogen (secondary N) is 1. The number of aromatic nitrogens is 2. The summed E-state index contributed by atoms with van der Waals surface area (Å²) < 4.78 is 10.7. The van der Waals surface area contributed by atoms with Crippen molar-refractivity contribution in [3.05, 3.63) is 34.8 Å². The van der Waals surface area contributed by atoms with Crippen LogP contribution in [0.25, 0.3) is 0 Å². The van der Waals surface area contributed by atoms with Crippen molar-refractivity contribution in [3.8, 4) is 5.75 Å². The van der Waals surface area contributed by atoms with Crippen LogP contribution >= 0.6 is 11.3 Å². The van der Waals surface area contributed by atoms with E-state index in [-0.39, 0.29) is 5.91 Å². The van der Waals surface area contributed by atoms with Crippen LogP contribution in [0.3, 0.4) is 0 Å². The Morgan fingerprint density at radius 2 is 1.96 bits per heavy atom. The molecule has 0 atom stereocenters. The van der Waals surface area contributed by atoms with Gasteiger partial charge in [-0.05, 0) is 37.5 Å². The lowest BCUT2D eigenvalue weighted by molar-refractivity contribution is -0.125. The maximum Gasteiger partial charge on any atom is 0.237 e. The first-order valence-corrected chi connectivity index (χ1v) is 8.29. The molecule has 2 aromatic rings. The molecular weight excluding hydrogens is 314 g/mol. The number of nitrogens with zero attached hydrogens (tertiary/aromatic N) is 2. The van der Waals surface area contributed by atoms with Gasteiger partial charge < -0.3 is 9.47 Å². The second-order valence-corrected chi connectivity index (χ2v) is 6.68. The molecule has 3 rings (SSSR count). The molecule has 1 aromatic heterocycles. The standard InChI is InChI=1S/C16H19N3O3S/c1-11-18-19-15(23-11)17-14(20)16(7-9-22-10-8-16)12-3-5-13(21-2)6-4-12/h3-6H,7-10H2,1-2H3,(H,17,19,20). The van der Waals surface area contributed by atoms with Crippen LogP contribution in [-0.4, -0.2) is 36.4 Å². The van der Waals surface area contributed by atoms with Gasteiger partial charge in [0.1, 0.15) is 10.8 Å². The van der Waals surface area contributed by atoms with E-state index in [4.69, 9.17) is 9.47 Å². The quantitative estimate of drug-likeness (QED) is 0.931. The van der Waals surface area contributed by atoms with Crippen molar-refractivity contribution in [1.82, 2.24) is 10.2 Å². The summed E-state index contributed by atoms with van der Waals surface area (Å²) in [6, 6.07) is 7.67. The number of hydrogen-bond donors (Lipinski definition) is 1. The highest BCUT2D eigenvalue weighted by atomic mass is 32.1. The van der Waals surface area contributed by atoms with Crippen molar-refractivity contribution in [2.24, 2.45) is 0 Å². The number of carbonyl (C=O) groups is 1. The van der Waals surface area contributed by atoms with E-state index in [1.54, 1.807) is 7.11 Å². The van der Waals surface area contributed by atoms with E-state index >= 15 is 0 Å². The van der Waals surface area contributed by atoms with E-state index in [0.717, 1.165) is 16.3 Å². The Morgan fingerprint density at radius 3 is 2.52 bits per heavy atom. The van der Waals surface area contributed by atoms with Gasteiger partial charge in [0.2, 0.25) is 11.0 Å². The predicted molar refractivity (Wildman–Crippen MR) is 88.0 cm³/mol. The normalized spacial score (nSPS) is 16.8. The third-order valence-corrected chi connectivity index (χ3v) is 4.92. The molecule has 1 N–H and O–H groups in total. The molecule has 1 aromatic carbocycles. The summed E-state index contributed by atoms with van der Waals surface area (Å²) in [7, 11) is 1.63. The highest BCUT2D eigenvalue weighted by Gasteiger charge is 2.42. The Hall–Kier alpha value is -1.99. The van der Waals surface area contributed by atoms with Crippen LogP contribution in [0.15, 0.2) is 24.3 Å². The van der Waals surface area contributed by atoms with Gasteiger partial charge in [0.25, 0.3) is 0 Å². The minimum Gasteiger partial charge on any atom is -0.497 e. The summed E-state index contributed by atoms with van der Waals surface area (Å²) in [4.78, 5) is 13.0. The second-order valence-electron chi connectivity index (χ2n) is 5.50. The van der Waals surface area contributed by atoms with Crippen molar-refractivity contribution >= 4 is 22.4 Å². The monoisotopic (exact) mass is 333 g/mol. The summed E-state index contributed by atoms with van der Waals surface area (Å²) in [5.41, 5.74) is 0.365. The zero-order valence-electron chi connectivity index (χ0n) is 13.2. The van der Waals surface area contributed by atoms with E-state index in [0.29, 0.717) is 31.2 Å². The van der Waals surface area contributed by atoms with Gasteiger partial charge in [0.05, 0.1) is 12.5 Å². The number of carbonyl (C=O) groups excluding carboxylic acids is 1. The Labute approximate surface area is 138 Å². The highest BCUT2D eigenvalue weighted by Crippen LogP contribution is 2.37. The Kier molecular flexibility index (Phi) is 4.58. The van der Waals surface area contributed by atoms with Crippen LogP contribution in [0.4, 0.5) is 5.13 Å². The van der Waals surface area contributed by atoms with Crippen molar-refractivity contribution in [2.75, 3.05) is 25.6 Å². The molecule has 0 spiro atoms. The highest BCUT2D eigenvalue weighted by molar-refractivity contribution is 7.15. The fourth-order valence-electron chi connectivity index (χ4n) is 2.84. The Balaban J connectivity index is 1.90. The second kappa shape index (κ2) is 6.64. The van der Waals surface area contributed by atoms with Gasteiger partial charge in [0.15, 0.2) is 0 Å². The Bertz CT molecular complexity index is 678. The fourth-order valence-corrected chi connectivity index (χ4v) is 3.43. The van der Waals surface area contributed by atoms with E-state index in [1.165, 1.54) is 11.3 Å². The van der Waals surface area contributed by atoms with Crippen LogP contribution in [0, 0.1) is 6.92 Å². The fraction of sp³-hybridized carbons (Fsp3) is 0.438. The van der Waals surface area contributed by atoms with Gasteiger partial charge in [-0.1, -0.05) is 23.5 Å². The van der Waals surface area contributed by atoms with E-state index < -0.39 is 5.41 Å². The minimum absolute atomic E-state index is 0.0536. The summed E-state index contributed by atoms with van der Waals surface area (Å²) in [5.74, 6) is 0.721. The maximum absolute atomic E-state index is 13.0. The number of methoxy groups -OCH3 is 1. The van der Waals surface area contributed by atoms with E-state index in [1.807, 2.05) is 31.2 Å². The number of amides is 1. The average Bonchev–Trinajstić information content (AvgIpc) is 3.00. The molecule has 0 unspecified atom stereocenters. The van der Waals surface area contributed by atoms with Crippen LogP contribution < -0.4 is 10.1 Å². The summed E-state index contributed by atoms with van der Waals surface area (Å²) in [5, 5.41) is 12.2. The summed E-state index contributed by atoms with van der Waals surface area (Å²) >= 11 is 1.37.